The van der Waals surface area contributed by atoms with E-state index in [0.717, 1.165) is 11.8 Å². The summed E-state index contributed by atoms with van der Waals surface area (Å²) in [6, 6.07) is 5.13. The van der Waals surface area contributed by atoms with Crippen LogP contribution in [0.2, 0.25) is 0 Å². The number of ether oxygens (including phenoxy) is 2. The first-order chi connectivity index (χ1) is 9.15. The number of anilines is 1. The lowest BCUT2D eigenvalue weighted by molar-refractivity contribution is -0.133. The van der Waals surface area contributed by atoms with Crippen LogP contribution in [0.25, 0.3) is 0 Å². The van der Waals surface area contributed by atoms with Crippen molar-refractivity contribution in [3.05, 3.63) is 18.2 Å². The van der Waals surface area contributed by atoms with E-state index in [1.54, 1.807) is 18.2 Å². The van der Waals surface area contributed by atoms with Gasteiger partial charge in [-0.1, -0.05) is 0 Å². The van der Waals surface area contributed by atoms with Crippen molar-refractivity contribution in [3.8, 4) is 11.5 Å². The second-order valence-corrected chi connectivity index (χ2v) is 4.78. The first-order valence-electron chi connectivity index (χ1n) is 5.64. The zero-order valence-corrected chi connectivity index (χ0v) is 10.9. The van der Waals surface area contributed by atoms with Gasteiger partial charge in [-0.25, -0.2) is 0 Å². The number of fused-ring (bicyclic) bond motifs is 1. The summed E-state index contributed by atoms with van der Waals surface area (Å²) < 4.78 is 10.8. The van der Waals surface area contributed by atoms with Gasteiger partial charge in [0.05, 0.1) is 11.5 Å². The van der Waals surface area contributed by atoms with Crippen molar-refractivity contribution in [2.75, 3.05) is 30.0 Å². The molecule has 0 bridgehead atoms. The quantitative estimate of drug-likeness (QED) is 0.845. The van der Waals surface area contributed by atoms with Gasteiger partial charge < -0.3 is 19.9 Å². The molecule has 1 aromatic carbocycles. The van der Waals surface area contributed by atoms with Gasteiger partial charge in [0.15, 0.2) is 11.5 Å². The van der Waals surface area contributed by atoms with Crippen molar-refractivity contribution < 1.29 is 24.2 Å². The summed E-state index contributed by atoms with van der Waals surface area (Å²) >= 11 is 1.05. The van der Waals surface area contributed by atoms with E-state index < -0.39 is 5.97 Å². The monoisotopic (exact) mass is 283 g/mol. The Morgan fingerprint density at radius 2 is 1.95 bits per heavy atom. The van der Waals surface area contributed by atoms with E-state index >= 15 is 0 Å². The molecular formula is C12H13NO5S. The maximum Gasteiger partial charge on any atom is 0.313 e. The van der Waals surface area contributed by atoms with E-state index in [1.165, 1.54) is 0 Å². The number of rotatable bonds is 5. The minimum Gasteiger partial charge on any atom is -0.486 e. The predicted molar refractivity (Wildman–Crippen MR) is 71.0 cm³/mol. The highest BCUT2D eigenvalue weighted by Gasteiger charge is 2.12. The van der Waals surface area contributed by atoms with Crippen LogP contribution in [0.3, 0.4) is 0 Å². The zero-order valence-electron chi connectivity index (χ0n) is 10.0. The molecule has 0 radical (unpaired) electrons. The van der Waals surface area contributed by atoms with E-state index in [4.69, 9.17) is 14.6 Å². The average Bonchev–Trinajstić information content (AvgIpc) is 2.38. The minimum absolute atomic E-state index is 0.0887. The molecule has 0 spiro atoms. The second kappa shape index (κ2) is 6.33. The van der Waals surface area contributed by atoms with Crippen LogP contribution in [0.5, 0.6) is 11.5 Å². The van der Waals surface area contributed by atoms with Crippen LogP contribution in [0, 0.1) is 0 Å². The third-order valence-electron chi connectivity index (χ3n) is 2.28. The maximum absolute atomic E-state index is 11.6. The van der Waals surface area contributed by atoms with Gasteiger partial charge in [0, 0.05) is 11.8 Å². The normalized spacial score (nSPS) is 12.8. The fourth-order valence-corrected chi connectivity index (χ4v) is 2.08. The molecule has 0 aliphatic carbocycles. The number of hydrogen-bond donors (Lipinski definition) is 2. The van der Waals surface area contributed by atoms with Crippen LogP contribution < -0.4 is 14.8 Å². The lowest BCUT2D eigenvalue weighted by Crippen LogP contribution is -2.17. The Morgan fingerprint density at radius 1 is 1.21 bits per heavy atom. The lowest BCUT2D eigenvalue weighted by Gasteiger charge is -2.18. The Hall–Kier alpha value is -1.89. The molecule has 1 aliphatic heterocycles. The molecule has 2 rings (SSSR count). The van der Waals surface area contributed by atoms with Crippen molar-refractivity contribution in [2.24, 2.45) is 0 Å². The third kappa shape index (κ3) is 4.06. The summed E-state index contributed by atoms with van der Waals surface area (Å²) in [5.74, 6) is 0.0850. The molecule has 1 amide bonds. The highest BCUT2D eigenvalue weighted by atomic mass is 32.2. The maximum atomic E-state index is 11.6. The highest BCUT2D eigenvalue weighted by Crippen LogP contribution is 2.32. The van der Waals surface area contributed by atoms with E-state index in [2.05, 4.69) is 5.32 Å². The molecule has 0 saturated heterocycles. The van der Waals surface area contributed by atoms with Gasteiger partial charge in [-0.2, -0.15) is 0 Å². The summed E-state index contributed by atoms with van der Waals surface area (Å²) in [6.07, 6.45) is 0. The molecule has 0 atom stereocenters. The second-order valence-electron chi connectivity index (χ2n) is 3.79. The Bertz CT molecular complexity index is 491. The predicted octanol–water partition coefficient (Wildman–Crippen LogP) is 1.21. The van der Waals surface area contributed by atoms with Crippen LogP contribution in [-0.4, -0.2) is 41.7 Å². The number of benzene rings is 1. The fraction of sp³-hybridized carbons (Fsp3) is 0.333. The lowest BCUT2D eigenvalue weighted by atomic mass is 10.2. The minimum atomic E-state index is -0.933. The van der Waals surface area contributed by atoms with Gasteiger partial charge >= 0.3 is 5.97 Å². The van der Waals surface area contributed by atoms with Crippen molar-refractivity contribution in [1.82, 2.24) is 0 Å². The van der Waals surface area contributed by atoms with Crippen molar-refractivity contribution >= 4 is 29.3 Å². The molecule has 0 unspecified atom stereocenters. The number of hydrogen-bond acceptors (Lipinski definition) is 5. The topological polar surface area (TPSA) is 84.9 Å². The Morgan fingerprint density at radius 3 is 2.68 bits per heavy atom. The first kappa shape index (κ1) is 13.5. The molecule has 1 aromatic rings. The average molecular weight is 283 g/mol. The molecule has 7 heteroatoms. The number of aliphatic carboxylic acids is 1. The van der Waals surface area contributed by atoms with Crippen LogP contribution >= 0.6 is 11.8 Å². The van der Waals surface area contributed by atoms with Crippen LogP contribution in [-0.2, 0) is 9.59 Å². The summed E-state index contributed by atoms with van der Waals surface area (Å²) in [4.78, 5) is 21.9. The molecule has 0 aromatic heterocycles. The van der Waals surface area contributed by atoms with E-state index in [1.807, 2.05) is 0 Å². The number of carbonyl (C=O) groups excluding carboxylic acids is 1. The fourth-order valence-electron chi connectivity index (χ4n) is 1.55. The SMILES string of the molecule is O=C(O)CSCC(=O)Nc1ccc2c(c1)OCCO2. The molecule has 102 valence electrons. The number of thioether (sulfide) groups is 1. The molecule has 0 saturated carbocycles. The number of amides is 1. The Balaban J connectivity index is 1.88. The van der Waals surface area contributed by atoms with Crippen molar-refractivity contribution in [1.29, 1.82) is 0 Å². The standard InChI is InChI=1S/C12H13NO5S/c14-11(6-19-7-12(15)16)13-8-1-2-9-10(5-8)18-4-3-17-9/h1-2,5H,3-4,6-7H2,(H,13,14)(H,15,16). The summed E-state index contributed by atoms with van der Waals surface area (Å²) in [6.45, 7) is 1.00. The molecule has 1 aliphatic rings. The number of carboxylic acid groups (broad SMARTS) is 1. The molecule has 1 heterocycles. The first-order valence-corrected chi connectivity index (χ1v) is 6.79. The molecule has 2 N–H and O–H groups in total. The van der Waals surface area contributed by atoms with Crippen LogP contribution in [0.15, 0.2) is 18.2 Å². The zero-order chi connectivity index (χ0) is 13.7. The third-order valence-corrected chi connectivity index (χ3v) is 3.20. The van der Waals surface area contributed by atoms with Gasteiger partial charge in [0.2, 0.25) is 5.91 Å². The summed E-state index contributed by atoms with van der Waals surface area (Å²) in [5.41, 5.74) is 0.602. The smallest absolute Gasteiger partial charge is 0.313 e. The van der Waals surface area contributed by atoms with Gasteiger partial charge in [0.25, 0.3) is 0 Å². The summed E-state index contributed by atoms with van der Waals surface area (Å²) in [7, 11) is 0. The Labute approximate surface area is 114 Å². The molecule has 19 heavy (non-hydrogen) atoms. The van der Waals surface area contributed by atoms with E-state index in [9.17, 15) is 9.59 Å². The van der Waals surface area contributed by atoms with Gasteiger partial charge in [-0.3, -0.25) is 9.59 Å². The van der Waals surface area contributed by atoms with Crippen LogP contribution in [0.1, 0.15) is 0 Å². The van der Waals surface area contributed by atoms with Crippen LogP contribution in [0.4, 0.5) is 5.69 Å². The Kier molecular flexibility index (Phi) is 4.51. The highest BCUT2D eigenvalue weighted by molar-refractivity contribution is 8.00. The summed E-state index contributed by atoms with van der Waals surface area (Å²) in [5, 5.41) is 11.1. The van der Waals surface area contributed by atoms with Crippen molar-refractivity contribution in [3.63, 3.8) is 0 Å². The van der Waals surface area contributed by atoms with Gasteiger partial charge in [-0.05, 0) is 12.1 Å². The van der Waals surface area contributed by atoms with Gasteiger partial charge in [0.1, 0.15) is 13.2 Å². The number of carboxylic acids is 1. The van der Waals surface area contributed by atoms with Crippen molar-refractivity contribution in [2.45, 2.75) is 0 Å². The van der Waals surface area contributed by atoms with E-state index in [-0.39, 0.29) is 17.4 Å². The molecule has 0 fully saturated rings. The number of nitrogens with one attached hydrogen (secondary N) is 1. The molecular weight excluding hydrogens is 270 g/mol. The molecule has 6 nitrogen and oxygen atoms in total. The largest absolute Gasteiger partial charge is 0.486 e. The number of carbonyl (C=O) groups is 2. The van der Waals surface area contributed by atoms with E-state index in [0.29, 0.717) is 30.4 Å². The van der Waals surface area contributed by atoms with Gasteiger partial charge in [-0.15, -0.1) is 11.8 Å².